The minimum absolute atomic E-state index is 0.00446. The second-order valence-electron chi connectivity index (χ2n) is 9.96. The molecule has 1 amide bonds. The van der Waals surface area contributed by atoms with Crippen molar-refractivity contribution in [2.24, 2.45) is 0 Å². The Balaban J connectivity index is 1.29. The van der Waals surface area contributed by atoms with E-state index in [-0.39, 0.29) is 24.8 Å². The van der Waals surface area contributed by atoms with Crippen molar-refractivity contribution in [1.82, 2.24) is 29.7 Å². The second kappa shape index (κ2) is 12.9. The number of carbonyl (C=O) groups excluding carboxylic acids is 1. The van der Waals surface area contributed by atoms with Crippen LogP contribution in [0.2, 0.25) is 0 Å². The summed E-state index contributed by atoms with van der Waals surface area (Å²) in [6.45, 7) is 7.52. The van der Waals surface area contributed by atoms with Gasteiger partial charge in [0.1, 0.15) is 23.9 Å². The highest BCUT2D eigenvalue weighted by molar-refractivity contribution is 5.89. The number of anilines is 1. The second-order valence-corrected chi connectivity index (χ2v) is 9.96. The topological polar surface area (TPSA) is 106 Å². The molecule has 2 N–H and O–H groups in total. The fraction of sp³-hybridized carbons (Fsp3) is 0.400. The van der Waals surface area contributed by atoms with Crippen LogP contribution in [0.15, 0.2) is 60.8 Å². The van der Waals surface area contributed by atoms with E-state index in [1.807, 2.05) is 75.5 Å². The van der Waals surface area contributed by atoms with Crippen LogP contribution in [0.25, 0.3) is 22.4 Å². The smallest absolute Gasteiger partial charge is 0.410 e. The molecular formula is C30H37N7O3. The maximum Gasteiger partial charge on any atom is 0.410 e. The molecule has 0 saturated carbocycles. The molecule has 1 aromatic carbocycles. The van der Waals surface area contributed by atoms with Gasteiger partial charge in [0, 0.05) is 38.5 Å². The van der Waals surface area contributed by atoms with Gasteiger partial charge in [0.05, 0.1) is 29.4 Å². The van der Waals surface area contributed by atoms with Gasteiger partial charge in [0.15, 0.2) is 0 Å². The number of fused-ring (bicyclic) bond motifs is 1. The predicted octanol–water partition coefficient (Wildman–Crippen LogP) is 4.25. The third-order valence-corrected chi connectivity index (χ3v) is 7.06. The molecule has 1 aliphatic rings. The lowest BCUT2D eigenvalue weighted by Crippen LogP contribution is -2.32. The highest BCUT2D eigenvalue weighted by Crippen LogP contribution is 2.28. The molecule has 210 valence electrons. The lowest BCUT2D eigenvalue weighted by molar-refractivity contribution is 0.0523. The lowest BCUT2D eigenvalue weighted by atomic mass is 10.2. The first-order chi connectivity index (χ1) is 19.6. The average Bonchev–Trinajstić information content (AvgIpc) is 3.56. The number of ether oxygens (including phenoxy) is 2. The van der Waals surface area contributed by atoms with Gasteiger partial charge in [-0.1, -0.05) is 36.4 Å². The van der Waals surface area contributed by atoms with E-state index in [9.17, 15) is 4.79 Å². The number of aromatic nitrogens is 4. The van der Waals surface area contributed by atoms with Crippen LogP contribution in [0, 0.1) is 6.92 Å². The number of carbonyl (C=O) groups is 1. The van der Waals surface area contributed by atoms with Crippen molar-refractivity contribution in [3.05, 3.63) is 72.2 Å². The molecule has 0 unspecified atom stereocenters. The van der Waals surface area contributed by atoms with Gasteiger partial charge in [0.25, 0.3) is 0 Å². The van der Waals surface area contributed by atoms with E-state index in [2.05, 4.69) is 15.2 Å². The number of likely N-dealkylation sites (tertiary alicyclic amines) is 1. The summed E-state index contributed by atoms with van der Waals surface area (Å²) in [4.78, 5) is 28.8. The van der Waals surface area contributed by atoms with Crippen molar-refractivity contribution in [3.8, 4) is 11.4 Å². The minimum atomic E-state index is -0.294. The van der Waals surface area contributed by atoms with Crippen LogP contribution in [-0.2, 0) is 22.6 Å². The molecule has 4 aromatic rings. The van der Waals surface area contributed by atoms with Crippen molar-refractivity contribution in [1.29, 1.82) is 0 Å². The van der Waals surface area contributed by atoms with E-state index in [4.69, 9.17) is 24.4 Å². The van der Waals surface area contributed by atoms with Crippen molar-refractivity contribution < 1.29 is 14.3 Å². The molecule has 10 heteroatoms. The fourth-order valence-corrected chi connectivity index (χ4v) is 5.16. The summed E-state index contributed by atoms with van der Waals surface area (Å²) in [6.07, 6.45) is 2.30. The van der Waals surface area contributed by atoms with Crippen molar-refractivity contribution in [2.45, 2.75) is 45.6 Å². The van der Waals surface area contributed by atoms with Gasteiger partial charge in [0.2, 0.25) is 0 Å². The number of likely N-dealkylation sites (N-methyl/N-ethyl adjacent to an activating group) is 1. The van der Waals surface area contributed by atoms with Crippen molar-refractivity contribution in [2.75, 3.05) is 38.6 Å². The van der Waals surface area contributed by atoms with Gasteiger partial charge in [-0.2, -0.15) is 0 Å². The van der Waals surface area contributed by atoms with Gasteiger partial charge in [-0.25, -0.2) is 14.8 Å². The third kappa shape index (κ3) is 6.40. The van der Waals surface area contributed by atoms with E-state index in [1.54, 1.807) is 11.1 Å². The van der Waals surface area contributed by atoms with Crippen molar-refractivity contribution in [3.63, 3.8) is 0 Å². The molecule has 0 aliphatic carbocycles. The SMILES string of the molecule is CCO[C@@H](CNC)Cn1c(C)nc2ccnc(-c3cccc(N[C@H]4CCN(C(=O)OCc5ccccc5)C4)n3)c21. The number of pyridine rings is 2. The number of hydrogen-bond donors (Lipinski definition) is 2. The number of benzene rings is 1. The standard InChI is InChI=1S/C30H37N7O3/c1-4-39-24(17-31-3)19-37-21(2)33-26-13-15-32-28(29(26)37)25-11-8-12-27(35-25)34-23-14-16-36(18-23)30(38)40-20-22-9-6-5-7-10-22/h5-13,15,23-24,31H,4,14,16-20H2,1-3H3,(H,34,35)/t23-,24-/m0/s1. The van der Waals surface area contributed by atoms with Crippen LogP contribution >= 0.6 is 0 Å². The van der Waals surface area contributed by atoms with Gasteiger partial charge >= 0.3 is 6.09 Å². The molecule has 5 rings (SSSR count). The van der Waals surface area contributed by atoms with Gasteiger partial charge in [-0.05, 0) is 51.1 Å². The molecule has 1 aliphatic heterocycles. The number of hydrogen-bond acceptors (Lipinski definition) is 8. The number of rotatable bonds is 11. The monoisotopic (exact) mass is 543 g/mol. The number of imidazole rings is 1. The molecule has 2 atom stereocenters. The fourth-order valence-electron chi connectivity index (χ4n) is 5.16. The van der Waals surface area contributed by atoms with E-state index in [0.717, 1.165) is 52.6 Å². The number of nitrogens with one attached hydrogen (secondary N) is 2. The van der Waals surface area contributed by atoms with Crippen molar-refractivity contribution >= 4 is 22.9 Å². The Labute approximate surface area is 234 Å². The van der Waals surface area contributed by atoms with Crippen LogP contribution in [0.3, 0.4) is 0 Å². The third-order valence-electron chi connectivity index (χ3n) is 7.06. The Morgan fingerprint density at radius 2 is 1.98 bits per heavy atom. The Bertz CT molecular complexity index is 1420. The van der Waals surface area contributed by atoms with Crippen LogP contribution in [-0.4, -0.2) is 75.9 Å². The zero-order chi connectivity index (χ0) is 27.9. The maximum atomic E-state index is 12.6. The highest BCUT2D eigenvalue weighted by atomic mass is 16.6. The molecule has 40 heavy (non-hydrogen) atoms. The maximum absolute atomic E-state index is 12.6. The molecule has 3 aromatic heterocycles. The predicted molar refractivity (Wildman–Crippen MR) is 155 cm³/mol. The van der Waals surface area contributed by atoms with E-state index in [1.165, 1.54) is 0 Å². The van der Waals surface area contributed by atoms with Crippen LogP contribution < -0.4 is 10.6 Å². The molecule has 0 spiro atoms. The van der Waals surface area contributed by atoms with E-state index in [0.29, 0.717) is 26.2 Å². The van der Waals surface area contributed by atoms with Crippen LogP contribution in [0.1, 0.15) is 24.7 Å². The quantitative estimate of drug-likeness (QED) is 0.289. The highest BCUT2D eigenvalue weighted by Gasteiger charge is 2.28. The molecule has 10 nitrogen and oxygen atoms in total. The van der Waals surface area contributed by atoms with Gasteiger partial charge in [-0.15, -0.1) is 0 Å². The minimum Gasteiger partial charge on any atom is -0.445 e. The van der Waals surface area contributed by atoms with E-state index < -0.39 is 0 Å². The van der Waals surface area contributed by atoms with Crippen LogP contribution in [0.4, 0.5) is 10.6 Å². The summed E-state index contributed by atoms with van der Waals surface area (Å²) in [5.41, 5.74) is 4.33. The lowest BCUT2D eigenvalue weighted by Gasteiger charge is -2.19. The normalized spacial score (nSPS) is 15.9. The van der Waals surface area contributed by atoms with Crippen LogP contribution in [0.5, 0.6) is 0 Å². The van der Waals surface area contributed by atoms with Gasteiger partial charge < -0.3 is 29.6 Å². The average molecular weight is 544 g/mol. The molecule has 0 radical (unpaired) electrons. The number of nitrogens with zero attached hydrogens (tertiary/aromatic N) is 5. The summed E-state index contributed by atoms with van der Waals surface area (Å²) in [5, 5.41) is 6.72. The summed E-state index contributed by atoms with van der Waals surface area (Å²) in [5.74, 6) is 1.65. The Kier molecular flexibility index (Phi) is 8.87. The summed E-state index contributed by atoms with van der Waals surface area (Å²) < 4.78 is 13.7. The zero-order valence-corrected chi connectivity index (χ0v) is 23.3. The zero-order valence-electron chi connectivity index (χ0n) is 23.3. The molecule has 0 bridgehead atoms. The van der Waals surface area contributed by atoms with E-state index >= 15 is 0 Å². The first-order valence-electron chi connectivity index (χ1n) is 13.8. The first kappa shape index (κ1) is 27.5. The summed E-state index contributed by atoms with van der Waals surface area (Å²) in [7, 11) is 1.93. The molecule has 4 heterocycles. The Morgan fingerprint density at radius 1 is 1.12 bits per heavy atom. The largest absolute Gasteiger partial charge is 0.445 e. The number of amides is 1. The first-order valence-corrected chi connectivity index (χ1v) is 13.8. The summed E-state index contributed by atoms with van der Waals surface area (Å²) in [6, 6.07) is 17.6. The number of aryl methyl sites for hydroxylation is 1. The summed E-state index contributed by atoms with van der Waals surface area (Å²) >= 11 is 0. The molecular weight excluding hydrogens is 506 g/mol. The molecule has 1 fully saturated rings. The molecule has 1 saturated heterocycles. The Morgan fingerprint density at radius 3 is 2.77 bits per heavy atom. The Hall–Kier alpha value is -4.02. The van der Waals surface area contributed by atoms with Gasteiger partial charge in [-0.3, -0.25) is 4.98 Å².